The molecule has 1 aromatic carbocycles. The van der Waals surface area contributed by atoms with Gasteiger partial charge in [0, 0.05) is 55.6 Å². The van der Waals surface area contributed by atoms with Gasteiger partial charge < -0.3 is 14.8 Å². The average Bonchev–Trinajstić information content (AvgIpc) is 3.29. The van der Waals surface area contributed by atoms with E-state index < -0.39 is 0 Å². The molecule has 2 saturated heterocycles. The average molecular weight is 479 g/mol. The first-order chi connectivity index (χ1) is 14.6. The SMILES string of the molecule is O=C(CCn1cnc2ccc(Br)cc2c1=O)NCC(C1CCOC1)N1CCOCC1. The van der Waals surface area contributed by atoms with Gasteiger partial charge in [-0.2, -0.15) is 0 Å². The van der Waals surface area contributed by atoms with Crippen molar-refractivity contribution in [3.63, 3.8) is 0 Å². The molecule has 0 saturated carbocycles. The van der Waals surface area contributed by atoms with Crippen molar-refractivity contribution in [2.75, 3.05) is 46.1 Å². The molecule has 1 amide bonds. The Kier molecular flexibility index (Phi) is 7.14. The molecule has 0 bridgehead atoms. The zero-order chi connectivity index (χ0) is 20.9. The number of hydrogen-bond donors (Lipinski definition) is 1. The van der Waals surface area contributed by atoms with E-state index in [0.29, 0.717) is 29.9 Å². The van der Waals surface area contributed by atoms with Crippen molar-refractivity contribution in [2.45, 2.75) is 25.4 Å². The number of aryl methyl sites for hydroxylation is 1. The number of amides is 1. The van der Waals surface area contributed by atoms with Crippen LogP contribution in [0.15, 0.2) is 33.8 Å². The quantitative estimate of drug-likeness (QED) is 0.647. The zero-order valence-electron chi connectivity index (χ0n) is 16.9. The van der Waals surface area contributed by atoms with E-state index in [1.54, 1.807) is 12.1 Å². The summed E-state index contributed by atoms with van der Waals surface area (Å²) < 4.78 is 13.4. The Hall–Kier alpha value is -1.81. The van der Waals surface area contributed by atoms with E-state index in [0.717, 1.165) is 50.4 Å². The molecule has 0 aliphatic carbocycles. The zero-order valence-corrected chi connectivity index (χ0v) is 18.5. The third kappa shape index (κ3) is 5.08. The maximum Gasteiger partial charge on any atom is 0.261 e. The summed E-state index contributed by atoms with van der Waals surface area (Å²) >= 11 is 3.39. The van der Waals surface area contributed by atoms with Crippen LogP contribution >= 0.6 is 15.9 Å². The Bertz CT molecular complexity index is 938. The van der Waals surface area contributed by atoms with Crippen LogP contribution in [0.1, 0.15) is 12.8 Å². The number of hydrogen-bond acceptors (Lipinski definition) is 6. The highest BCUT2D eigenvalue weighted by Crippen LogP contribution is 2.22. The molecule has 2 unspecified atom stereocenters. The fourth-order valence-corrected chi connectivity index (χ4v) is 4.54. The van der Waals surface area contributed by atoms with E-state index in [1.807, 2.05) is 6.07 Å². The number of halogens is 1. The first-order valence-electron chi connectivity index (χ1n) is 10.4. The lowest BCUT2D eigenvalue weighted by Gasteiger charge is -2.37. The fourth-order valence-electron chi connectivity index (χ4n) is 4.18. The number of nitrogens with zero attached hydrogens (tertiary/aromatic N) is 3. The number of benzene rings is 1. The Morgan fingerprint density at radius 2 is 2.10 bits per heavy atom. The predicted octanol–water partition coefficient (Wildman–Crippen LogP) is 1.40. The molecule has 2 fully saturated rings. The summed E-state index contributed by atoms with van der Waals surface area (Å²) in [6.07, 6.45) is 2.77. The Labute approximate surface area is 183 Å². The van der Waals surface area contributed by atoms with Gasteiger partial charge in [-0.25, -0.2) is 4.98 Å². The Morgan fingerprint density at radius 1 is 1.27 bits per heavy atom. The van der Waals surface area contributed by atoms with Gasteiger partial charge in [-0.1, -0.05) is 15.9 Å². The highest BCUT2D eigenvalue weighted by Gasteiger charge is 2.31. The monoisotopic (exact) mass is 478 g/mol. The molecule has 8 nitrogen and oxygen atoms in total. The number of aromatic nitrogens is 2. The molecule has 2 aliphatic heterocycles. The van der Waals surface area contributed by atoms with E-state index in [2.05, 4.69) is 31.1 Å². The van der Waals surface area contributed by atoms with Crippen LogP contribution in [-0.4, -0.2) is 72.5 Å². The maximum absolute atomic E-state index is 12.7. The number of rotatable bonds is 7. The van der Waals surface area contributed by atoms with Gasteiger partial charge in [0.1, 0.15) is 0 Å². The second-order valence-electron chi connectivity index (χ2n) is 7.80. The summed E-state index contributed by atoms with van der Waals surface area (Å²) in [5.41, 5.74) is 0.513. The lowest BCUT2D eigenvalue weighted by atomic mass is 9.97. The third-order valence-corrected chi connectivity index (χ3v) is 6.39. The Morgan fingerprint density at radius 3 is 2.87 bits per heavy atom. The first kappa shape index (κ1) is 21.4. The van der Waals surface area contributed by atoms with Gasteiger partial charge in [-0.15, -0.1) is 0 Å². The largest absolute Gasteiger partial charge is 0.381 e. The van der Waals surface area contributed by atoms with Crippen LogP contribution in [-0.2, 0) is 20.8 Å². The van der Waals surface area contributed by atoms with Crippen LogP contribution in [0.5, 0.6) is 0 Å². The normalized spacial score (nSPS) is 21.0. The standard InChI is InChI=1S/C21H27BrN4O4/c22-16-1-2-18-17(11-16)21(28)26(14-24-18)5-3-20(27)23-12-19(15-4-8-30-13-15)25-6-9-29-10-7-25/h1-2,11,14-15,19H,3-10,12-13H2,(H,23,27). The minimum atomic E-state index is -0.136. The predicted molar refractivity (Wildman–Crippen MR) is 116 cm³/mol. The molecule has 1 N–H and O–H groups in total. The van der Waals surface area contributed by atoms with E-state index >= 15 is 0 Å². The van der Waals surface area contributed by atoms with Crippen LogP contribution in [0.3, 0.4) is 0 Å². The number of morpholine rings is 1. The number of carbonyl (C=O) groups is 1. The molecule has 3 heterocycles. The van der Waals surface area contributed by atoms with E-state index in [9.17, 15) is 9.59 Å². The topological polar surface area (TPSA) is 85.7 Å². The molecular formula is C21H27BrN4O4. The van der Waals surface area contributed by atoms with Crippen LogP contribution in [0, 0.1) is 5.92 Å². The van der Waals surface area contributed by atoms with Crippen LogP contribution in [0.25, 0.3) is 10.9 Å². The summed E-state index contributed by atoms with van der Waals surface area (Å²) in [5.74, 6) is 0.363. The summed E-state index contributed by atoms with van der Waals surface area (Å²) in [6.45, 7) is 5.63. The van der Waals surface area contributed by atoms with Crippen LogP contribution in [0.2, 0.25) is 0 Å². The molecule has 4 rings (SSSR count). The van der Waals surface area contributed by atoms with Gasteiger partial charge in [-0.3, -0.25) is 19.1 Å². The molecule has 9 heteroatoms. The van der Waals surface area contributed by atoms with Crippen molar-refractivity contribution >= 4 is 32.7 Å². The van der Waals surface area contributed by atoms with Crippen molar-refractivity contribution in [2.24, 2.45) is 5.92 Å². The molecule has 1 aromatic heterocycles. The molecule has 0 radical (unpaired) electrons. The second-order valence-corrected chi connectivity index (χ2v) is 8.71. The van der Waals surface area contributed by atoms with Crippen LogP contribution in [0.4, 0.5) is 0 Å². The number of fused-ring (bicyclic) bond motifs is 1. The fraction of sp³-hybridized carbons (Fsp3) is 0.571. The second kappa shape index (κ2) is 10.00. The number of ether oxygens (including phenoxy) is 2. The lowest BCUT2D eigenvalue weighted by molar-refractivity contribution is -0.121. The smallest absolute Gasteiger partial charge is 0.261 e. The summed E-state index contributed by atoms with van der Waals surface area (Å²) in [5, 5.41) is 3.62. The van der Waals surface area contributed by atoms with E-state index in [4.69, 9.17) is 9.47 Å². The van der Waals surface area contributed by atoms with E-state index in [1.165, 1.54) is 10.9 Å². The molecule has 0 spiro atoms. The number of carbonyl (C=O) groups excluding carboxylic acids is 1. The van der Waals surface area contributed by atoms with Crippen molar-refractivity contribution in [1.82, 2.24) is 19.8 Å². The maximum atomic E-state index is 12.7. The minimum Gasteiger partial charge on any atom is -0.381 e. The highest BCUT2D eigenvalue weighted by atomic mass is 79.9. The van der Waals surface area contributed by atoms with Crippen molar-refractivity contribution in [3.8, 4) is 0 Å². The van der Waals surface area contributed by atoms with Gasteiger partial charge in [-0.05, 0) is 24.6 Å². The summed E-state index contributed by atoms with van der Waals surface area (Å²) in [4.78, 5) is 31.9. The van der Waals surface area contributed by atoms with Gasteiger partial charge in [0.15, 0.2) is 0 Å². The molecular weight excluding hydrogens is 452 g/mol. The highest BCUT2D eigenvalue weighted by molar-refractivity contribution is 9.10. The van der Waals surface area contributed by atoms with Gasteiger partial charge >= 0.3 is 0 Å². The minimum absolute atomic E-state index is 0.0617. The van der Waals surface area contributed by atoms with E-state index in [-0.39, 0.29) is 23.9 Å². The van der Waals surface area contributed by atoms with Gasteiger partial charge in [0.25, 0.3) is 5.56 Å². The molecule has 162 valence electrons. The molecule has 30 heavy (non-hydrogen) atoms. The lowest BCUT2D eigenvalue weighted by Crippen LogP contribution is -2.52. The summed E-state index contributed by atoms with van der Waals surface area (Å²) in [6, 6.07) is 5.67. The summed E-state index contributed by atoms with van der Waals surface area (Å²) in [7, 11) is 0. The van der Waals surface area contributed by atoms with Crippen molar-refractivity contribution < 1.29 is 14.3 Å². The van der Waals surface area contributed by atoms with Gasteiger partial charge in [0.05, 0.1) is 37.1 Å². The van der Waals surface area contributed by atoms with Crippen molar-refractivity contribution in [3.05, 3.63) is 39.4 Å². The van der Waals surface area contributed by atoms with Crippen LogP contribution < -0.4 is 10.9 Å². The van der Waals surface area contributed by atoms with Crippen molar-refractivity contribution in [1.29, 1.82) is 0 Å². The Balaban J connectivity index is 1.35. The number of nitrogens with one attached hydrogen (secondary N) is 1. The third-order valence-electron chi connectivity index (χ3n) is 5.90. The first-order valence-corrected chi connectivity index (χ1v) is 11.2. The molecule has 2 aromatic rings. The molecule has 2 atom stereocenters. The van der Waals surface area contributed by atoms with Gasteiger partial charge in [0.2, 0.25) is 5.91 Å². The molecule has 2 aliphatic rings.